The third-order valence-corrected chi connectivity index (χ3v) is 5.04. The summed E-state index contributed by atoms with van der Waals surface area (Å²) in [7, 11) is 0. The van der Waals surface area contributed by atoms with Crippen molar-refractivity contribution in [3.05, 3.63) is 29.8 Å². The number of carboxylic acid groups (broad SMARTS) is 1. The predicted octanol–water partition coefficient (Wildman–Crippen LogP) is 2.99. The van der Waals surface area contributed by atoms with Crippen LogP contribution in [0.4, 0.5) is 5.95 Å². The van der Waals surface area contributed by atoms with E-state index in [4.69, 9.17) is 0 Å². The van der Waals surface area contributed by atoms with Crippen molar-refractivity contribution >= 4 is 34.3 Å². The van der Waals surface area contributed by atoms with Gasteiger partial charge in [0.15, 0.2) is 0 Å². The minimum atomic E-state index is -0.725. The SMILES string of the molecule is O=C(O)C1CCCN(c2nc3ccc(-c4nccs4)cc3[nH]2)C1. The summed E-state index contributed by atoms with van der Waals surface area (Å²) in [6.07, 6.45) is 3.40. The fraction of sp³-hybridized carbons (Fsp3) is 0.312. The van der Waals surface area contributed by atoms with E-state index in [1.807, 2.05) is 28.5 Å². The molecule has 0 spiro atoms. The van der Waals surface area contributed by atoms with Gasteiger partial charge in [-0.3, -0.25) is 4.79 Å². The molecule has 0 aliphatic carbocycles. The van der Waals surface area contributed by atoms with Gasteiger partial charge in [-0.25, -0.2) is 9.97 Å². The number of nitrogens with one attached hydrogen (secondary N) is 1. The number of carbonyl (C=O) groups is 1. The molecule has 23 heavy (non-hydrogen) atoms. The maximum absolute atomic E-state index is 11.2. The molecule has 118 valence electrons. The standard InChI is InChI=1S/C16H16N4O2S/c21-15(22)11-2-1-6-20(9-11)16-18-12-4-3-10(8-13(12)19-16)14-17-5-7-23-14/h3-5,7-8,11H,1-2,6,9H2,(H,18,19)(H,21,22). The van der Waals surface area contributed by atoms with Gasteiger partial charge in [-0.15, -0.1) is 11.3 Å². The van der Waals surface area contributed by atoms with Crippen molar-refractivity contribution in [1.29, 1.82) is 0 Å². The van der Waals surface area contributed by atoms with Gasteiger partial charge in [0.1, 0.15) is 5.01 Å². The molecule has 0 bridgehead atoms. The van der Waals surface area contributed by atoms with Gasteiger partial charge in [-0.2, -0.15) is 0 Å². The van der Waals surface area contributed by atoms with E-state index in [9.17, 15) is 9.90 Å². The quantitative estimate of drug-likeness (QED) is 0.772. The zero-order chi connectivity index (χ0) is 15.8. The summed E-state index contributed by atoms with van der Waals surface area (Å²) < 4.78 is 0. The van der Waals surface area contributed by atoms with Crippen LogP contribution in [0.2, 0.25) is 0 Å². The van der Waals surface area contributed by atoms with Gasteiger partial charge >= 0.3 is 5.97 Å². The van der Waals surface area contributed by atoms with Crippen LogP contribution in [0.1, 0.15) is 12.8 Å². The lowest BCUT2D eigenvalue weighted by Crippen LogP contribution is -2.39. The Morgan fingerprint density at radius 3 is 3.13 bits per heavy atom. The molecule has 1 unspecified atom stereocenters. The Hall–Kier alpha value is -2.41. The van der Waals surface area contributed by atoms with Crippen LogP contribution in [0.25, 0.3) is 21.6 Å². The molecular formula is C16H16N4O2S. The van der Waals surface area contributed by atoms with Gasteiger partial charge in [0.25, 0.3) is 0 Å². The summed E-state index contributed by atoms with van der Waals surface area (Å²) in [6.45, 7) is 1.34. The number of fused-ring (bicyclic) bond motifs is 1. The average Bonchev–Trinajstić information content (AvgIpc) is 3.23. The van der Waals surface area contributed by atoms with Crippen molar-refractivity contribution in [2.45, 2.75) is 12.8 Å². The number of imidazole rings is 1. The summed E-state index contributed by atoms with van der Waals surface area (Å²) in [5, 5.41) is 12.2. The molecule has 1 aliphatic rings. The first-order valence-corrected chi connectivity index (χ1v) is 8.46. The van der Waals surface area contributed by atoms with Crippen LogP contribution >= 0.6 is 11.3 Å². The first-order chi connectivity index (χ1) is 11.2. The molecule has 4 rings (SSSR count). The van der Waals surface area contributed by atoms with E-state index in [2.05, 4.69) is 15.0 Å². The van der Waals surface area contributed by atoms with Crippen LogP contribution in [0.15, 0.2) is 29.8 Å². The Kier molecular flexibility index (Phi) is 3.49. The topological polar surface area (TPSA) is 82.1 Å². The lowest BCUT2D eigenvalue weighted by atomic mass is 9.99. The molecule has 3 aromatic rings. The highest BCUT2D eigenvalue weighted by molar-refractivity contribution is 7.13. The minimum absolute atomic E-state index is 0.317. The fourth-order valence-corrected chi connectivity index (χ4v) is 3.65. The highest BCUT2D eigenvalue weighted by Gasteiger charge is 2.26. The number of piperidine rings is 1. The fourth-order valence-electron chi connectivity index (χ4n) is 3.02. The maximum Gasteiger partial charge on any atom is 0.308 e. The Balaban J connectivity index is 1.65. The molecule has 0 amide bonds. The number of aromatic amines is 1. The van der Waals surface area contributed by atoms with Gasteiger partial charge in [0.2, 0.25) is 5.95 Å². The normalized spacial score (nSPS) is 18.4. The van der Waals surface area contributed by atoms with Crippen molar-refractivity contribution in [3.63, 3.8) is 0 Å². The van der Waals surface area contributed by atoms with Crippen LogP contribution in [-0.4, -0.2) is 39.1 Å². The molecule has 2 N–H and O–H groups in total. The lowest BCUT2D eigenvalue weighted by molar-refractivity contribution is -0.141. The number of carboxylic acids is 1. The van der Waals surface area contributed by atoms with Crippen molar-refractivity contribution in [2.24, 2.45) is 5.92 Å². The van der Waals surface area contributed by atoms with Crippen LogP contribution in [0, 0.1) is 5.92 Å². The molecule has 0 radical (unpaired) electrons. The molecule has 1 aromatic carbocycles. The highest BCUT2D eigenvalue weighted by atomic mass is 32.1. The van der Waals surface area contributed by atoms with Crippen molar-refractivity contribution in [3.8, 4) is 10.6 Å². The second-order valence-corrected chi connectivity index (χ2v) is 6.65. The number of H-pyrrole nitrogens is 1. The summed E-state index contributed by atoms with van der Waals surface area (Å²) >= 11 is 1.60. The van der Waals surface area contributed by atoms with Crippen molar-refractivity contribution in [1.82, 2.24) is 15.0 Å². The number of rotatable bonds is 3. The van der Waals surface area contributed by atoms with E-state index in [-0.39, 0.29) is 5.92 Å². The Morgan fingerprint density at radius 2 is 2.35 bits per heavy atom. The Labute approximate surface area is 136 Å². The molecule has 1 saturated heterocycles. The predicted molar refractivity (Wildman–Crippen MR) is 89.8 cm³/mol. The summed E-state index contributed by atoms with van der Waals surface area (Å²) in [4.78, 5) is 25.5. The zero-order valence-electron chi connectivity index (χ0n) is 12.4. The smallest absolute Gasteiger partial charge is 0.308 e. The highest BCUT2D eigenvalue weighted by Crippen LogP contribution is 2.28. The number of aromatic nitrogens is 3. The second kappa shape index (κ2) is 5.66. The molecule has 0 saturated carbocycles. The van der Waals surface area contributed by atoms with Crippen molar-refractivity contribution in [2.75, 3.05) is 18.0 Å². The monoisotopic (exact) mass is 328 g/mol. The lowest BCUT2D eigenvalue weighted by Gasteiger charge is -2.30. The number of hydrogen-bond donors (Lipinski definition) is 2. The molecule has 1 fully saturated rings. The van der Waals surface area contributed by atoms with Crippen LogP contribution in [0.5, 0.6) is 0 Å². The third-order valence-electron chi connectivity index (χ3n) is 4.22. The summed E-state index contributed by atoms with van der Waals surface area (Å²) in [5.74, 6) is -0.290. The van der Waals surface area contributed by atoms with E-state index >= 15 is 0 Å². The molecule has 6 nitrogen and oxygen atoms in total. The molecule has 2 aromatic heterocycles. The van der Waals surface area contributed by atoms with Crippen LogP contribution in [-0.2, 0) is 4.79 Å². The molecule has 1 atom stereocenters. The van der Waals surface area contributed by atoms with Crippen molar-refractivity contribution < 1.29 is 9.90 Å². The largest absolute Gasteiger partial charge is 0.481 e. The van der Waals surface area contributed by atoms with Crippen LogP contribution in [0.3, 0.4) is 0 Å². The maximum atomic E-state index is 11.2. The number of benzene rings is 1. The number of anilines is 1. The number of thiazole rings is 1. The first kappa shape index (κ1) is 14.2. The number of aliphatic carboxylic acids is 1. The van der Waals surface area contributed by atoms with Gasteiger partial charge in [-0.1, -0.05) is 0 Å². The van der Waals surface area contributed by atoms with Gasteiger partial charge in [-0.05, 0) is 31.0 Å². The zero-order valence-corrected chi connectivity index (χ0v) is 13.2. The van der Waals surface area contributed by atoms with Crippen LogP contribution < -0.4 is 4.90 Å². The van der Waals surface area contributed by atoms with Gasteiger partial charge in [0.05, 0.1) is 17.0 Å². The first-order valence-electron chi connectivity index (χ1n) is 7.58. The van der Waals surface area contributed by atoms with E-state index < -0.39 is 5.97 Å². The third kappa shape index (κ3) is 2.68. The summed E-state index contributed by atoms with van der Waals surface area (Å²) in [6, 6.07) is 6.04. The number of nitrogens with zero attached hydrogens (tertiary/aromatic N) is 3. The molecule has 3 heterocycles. The summed E-state index contributed by atoms with van der Waals surface area (Å²) in [5.41, 5.74) is 2.90. The Bertz CT molecular complexity index is 843. The second-order valence-electron chi connectivity index (χ2n) is 5.75. The van der Waals surface area contributed by atoms with Gasteiger partial charge < -0.3 is 15.0 Å². The molecule has 1 aliphatic heterocycles. The van der Waals surface area contributed by atoms with E-state index in [1.165, 1.54) is 0 Å². The van der Waals surface area contributed by atoms with E-state index in [0.29, 0.717) is 6.54 Å². The minimum Gasteiger partial charge on any atom is -0.481 e. The Morgan fingerprint density at radius 1 is 1.43 bits per heavy atom. The van der Waals surface area contributed by atoms with Gasteiger partial charge in [0, 0.05) is 30.2 Å². The van der Waals surface area contributed by atoms with E-state index in [1.54, 1.807) is 17.5 Å². The number of hydrogen-bond acceptors (Lipinski definition) is 5. The molecular weight excluding hydrogens is 312 g/mol. The van der Waals surface area contributed by atoms with E-state index in [0.717, 1.165) is 46.9 Å². The average molecular weight is 328 g/mol. The molecule has 7 heteroatoms.